The van der Waals surface area contributed by atoms with Gasteiger partial charge < -0.3 is 4.57 Å². The first-order valence-electron chi connectivity index (χ1n) is 4.27. The molecule has 2 rings (SSSR count). The first kappa shape index (κ1) is 8.05. The van der Waals surface area contributed by atoms with Crippen molar-refractivity contribution < 1.29 is 0 Å². The Morgan fingerprint density at radius 2 is 2.50 bits per heavy atom. The summed E-state index contributed by atoms with van der Waals surface area (Å²) in [4.78, 5) is 0. The van der Waals surface area contributed by atoms with Crippen LogP contribution in [0.4, 0.5) is 0 Å². The summed E-state index contributed by atoms with van der Waals surface area (Å²) in [7, 11) is 0. The second-order valence-corrected chi connectivity index (χ2v) is 3.63. The maximum absolute atomic E-state index is 5.72. The predicted molar refractivity (Wildman–Crippen MR) is 47.0 cm³/mol. The lowest BCUT2D eigenvalue weighted by atomic mass is 10.2. The van der Waals surface area contributed by atoms with Gasteiger partial charge in [0.15, 0.2) is 0 Å². The third-order valence-corrected chi connectivity index (χ3v) is 2.75. The summed E-state index contributed by atoms with van der Waals surface area (Å²) in [5.74, 6) is 2.16. The molecule has 1 aromatic rings. The molecule has 1 aromatic heterocycles. The van der Waals surface area contributed by atoms with E-state index < -0.39 is 0 Å². The van der Waals surface area contributed by atoms with Gasteiger partial charge in [-0.3, -0.25) is 0 Å². The standard InChI is InChI=1S/C8H12ClN3/c1-6(7-2-3-7)12-5-10-11-8(12)4-9/h5-7H,2-4H2,1H3. The molecule has 1 unspecified atom stereocenters. The molecule has 66 valence electrons. The van der Waals surface area contributed by atoms with Crippen LogP contribution in [0.15, 0.2) is 6.33 Å². The van der Waals surface area contributed by atoms with E-state index in [1.807, 2.05) is 0 Å². The van der Waals surface area contributed by atoms with Crippen molar-refractivity contribution in [1.82, 2.24) is 14.8 Å². The van der Waals surface area contributed by atoms with E-state index in [1.165, 1.54) is 12.8 Å². The first-order valence-corrected chi connectivity index (χ1v) is 4.80. The van der Waals surface area contributed by atoms with Gasteiger partial charge in [0.25, 0.3) is 0 Å². The molecule has 12 heavy (non-hydrogen) atoms. The third kappa shape index (κ3) is 1.33. The van der Waals surface area contributed by atoms with Gasteiger partial charge in [-0.05, 0) is 25.7 Å². The summed E-state index contributed by atoms with van der Waals surface area (Å²) in [6.45, 7) is 2.21. The van der Waals surface area contributed by atoms with Crippen molar-refractivity contribution >= 4 is 11.6 Å². The lowest BCUT2D eigenvalue weighted by molar-refractivity contribution is 0.473. The molecule has 0 bridgehead atoms. The van der Waals surface area contributed by atoms with Crippen molar-refractivity contribution in [2.45, 2.75) is 31.7 Å². The predicted octanol–water partition coefficient (Wildman–Crippen LogP) is 1.99. The summed E-state index contributed by atoms with van der Waals surface area (Å²) in [6.07, 6.45) is 4.45. The van der Waals surface area contributed by atoms with Gasteiger partial charge in [-0.2, -0.15) is 0 Å². The van der Waals surface area contributed by atoms with E-state index in [0.717, 1.165) is 11.7 Å². The molecule has 0 spiro atoms. The summed E-state index contributed by atoms with van der Waals surface area (Å²) >= 11 is 5.72. The van der Waals surface area contributed by atoms with Crippen LogP contribution in [0.2, 0.25) is 0 Å². The Labute approximate surface area is 76.7 Å². The van der Waals surface area contributed by atoms with Crippen molar-refractivity contribution in [1.29, 1.82) is 0 Å². The van der Waals surface area contributed by atoms with Gasteiger partial charge in [-0.1, -0.05) is 0 Å². The average Bonchev–Trinajstić information content (AvgIpc) is 2.82. The van der Waals surface area contributed by atoms with Gasteiger partial charge in [0.1, 0.15) is 12.2 Å². The zero-order chi connectivity index (χ0) is 8.55. The van der Waals surface area contributed by atoms with Crippen LogP contribution in [0.5, 0.6) is 0 Å². The fraction of sp³-hybridized carbons (Fsp3) is 0.750. The summed E-state index contributed by atoms with van der Waals surface area (Å²) < 4.78 is 2.09. The number of halogens is 1. The minimum Gasteiger partial charge on any atom is -0.313 e. The molecule has 1 aliphatic carbocycles. The fourth-order valence-electron chi connectivity index (χ4n) is 1.51. The summed E-state index contributed by atoms with van der Waals surface area (Å²) in [5, 5.41) is 7.80. The second kappa shape index (κ2) is 3.05. The topological polar surface area (TPSA) is 30.7 Å². The molecular weight excluding hydrogens is 174 g/mol. The summed E-state index contributed by atoms with van der Waals surface area (Å²) in [5.41, 5.74) is 0. The van der Waals surface area contributed by atoms with E-state index in [-0.39, 0.29) is 0 Å². The van der Waals surface area contributed by atoms with Gasteiger partial charge in [0, 0.05) is 6.04 Å². The highest BCUT2D eigenvalue weighted by Crippen LogP contribution is 2.39. The number of nitrogens with zero attached hydrogens (tertiary/aromatic N) is 3. The number of aromatic nitrogens is 3. The molecule has 0 radical (unpaired) electrons. The van der Waals surface area contributed by atoms with E-state index >= 15 is 0 Å². The molecule has 0 amide bonds. The highest BCUT2D eigenvalue weighted by molar-refractivity contribution is 6.16. The van der Waals surface area contributed by atoms with Gasteiger partial charge in [0.2, 0.25) is 0 Å². The Morgan fingerprint density at radius 3 is 3.08 bits per heavy atom. The van der Waals surface area contributed by atoms with Crippen molar-refractivity contribution in [2.75, 3.05) is 0 Å². The number of hydrogen-bond acceptors (Lipinski definition) is 2. The van der Waals surface area contributed by atoms with Crippen molar-refractivity contribution in [3.8, 4) is 0 Å². The Morgan fingerprint density at radius 1 is 1.75 bits per heavy atom. The largest absolute Gasteiger partial charge is 0.313 e. The van der Waals surface area contributed by atoms with Gasteiger partial charge in [-0.15, -0.1) is 21.8 Å². The zero-order valence-electron chi connectivity index (χ0n) is 7.07. The van der Waals surface area contributed by atoms with Crippen molar-refractivity contribution in [2.24, 2.45) is 5.92 Å². The number of hydrogen-bond donors (Lipinski definition) is 0. The smallest absolute Gasteiger partial charge is 0.148 e. The highest BCUT2D eigenvalue weighted by atomic mass is 35.5. The molecular formula is C8H12ClN3. The Bertz CT molecular complexity index is 267. The lowest BCUT2D eigenvalue weighted by Crippen LogP contribution is -2.09. The molecule has 1 aliphatic rings. The monoisotopic (exact) mass is 185 g/mol. The molecule has 3 nitrogen and oxygen atoms in total. The van der Waals surface area contributed by atoms with Crippen LogP contribution in [0.1, 0.15) is 31.6 Å². The van der Waals surface area contributed by atoms with E-state index in [1.54, 1.807) is 6.33 Å². The average molecular weight is 186 g/mol. The molecule has 1 saturated carbocycles. The Hall–Kier alpha value is -0.570. The molecule has 1 heterocycles. The van der Waals surface area contributed by atoms with E-state index in [4.69, 9.17) is 11.6 Å². The maximum atomic E-state index is 5.72. The SMILES string of the molecule is CC(C1CC1)n1cnnc1CCl. The number of alkyl halides is 1. The van der Waals surface area contributed by atoms with Gasteiger partial charge in [-0.25, -0.2) is 0 Å². The van der Waals surface area contributed by atoms with Crippen LogP contribution in [-0.4, -0.2) is 14.8 Å². The molecule has 1 fully saturated rings. The zero-order valence-corrected chi connectivity index (χ0v) is 7.83. The molecule has 0 saturated heterocycles. The van der Waals surface area contributed by atoms with Crippen LogP contribution in [0, 0.1) is 5.92 Å². The number of rotatable bonds is 3. The van der Waals surface area contributed by atoms with E-state index in [9.17, 15) is 0 Å². The minimum absolute atomic E-state index is 0.455. The molecule has 4 heteroatoms. The van der Waals surface area contributed by atoms with Crippen LogP contribution >= 0.6 is 11.6 Å². The Kier molecular flexibility index (Phi) is 2.05. The third-order valence-electron chi connectivity index (χ3n) is 2.51. The van der Waals surface area contributed by atoms with Crippen LogP contribution < -0.4 is 0 Å². The van der Waals surface area contributed by atoms with Crippen molar-refractivity contribution in [3.05, 3.63) is 12.2 Å². The van der Waals surface area contributed by atoms with Gasteiger partial charge in [0.05, 0.1) is 5.88 Å². The fourth-order valence-corrected chi connectivity index (χ4v) is 1.70. The Balaban J connectivity index is 2.19. The molecule has 1 atom stereocenters. The van der Waals surface area contributed by atoms with E-state index in [2.05, 4.69) is 21.7 Å². The quantitative estimate of drug-likeness (QED) is 0.675. The lowest BCUT2D eigenvalue weighted by Gasteiger charge is -2.12. The van der Waals surface area contributed by atoms with Crippen LogP contribution in [0.3, 0.4) is 0 Å². The van der Waals surface area contributed by atoms with Crippen LogP contribution in [-0.2, 0) is 5.88 Å². The first-order chi connectivity index (χ1) is 5.83. The minimum atomic E-state index is 0.455. The van der Waals surface area contributed by atoms with Crippen molar-refractivity contribution in [3.63, 3.8) is 0 Å². The van der Waals surface area contributed by atoms with Crippen LogP contribution in [0.25, 0.3) is 0 Å². The normalized spacial score (nSPS) is 19.5. The second-order valence-electron chi connectivity index (χ2n) is 3.37. The summed E-state index contributed by atoms with van der Waals surface area (Å²) in [6, 6.07) is 0.522. The molecule has 0 aromatic carbocycles. The van der Waals surface area contributed by atoms with E-state index in [0.29, 0.717) is 11.9 Å². The van der Waals surface area contributed by atoms with Gasteiger partial charge >= 0.3 is 0 Å². The molecule has 0 N–H and O–H groups in total. The highest BCUT2D eigenvalue weighted by Gasteiger charge is 2.30. The maximum Gasteiger partial charge on any atom is 0.148 e. The molecule has 0 aliphatic heterocycles.